The highest BCUT2D eigenvalue weighted by atomic mass is 19.2. The summed E-state index contributed by atoms with van der Waals surface area (Å²) in [7, 11) is 0. The molecule has 124 valence electrons. The Kier molecular flexibility index (Phi) is 4.84. The van der Waals surface area contributed by atoms with Crippen molar-refractivity contribution in [3.8, 4) is 28.5 Å². The van der Waals surface area contributed by atoms with Crippen molar-refractivity contribution < 1.29 is 13.5 Å². The second-order valence-corrected chi connectivity index (χ2v) is 5.33. The molecule has 0 spiro atoms. The Bertz CT molecular complexity index is 833. The van der Waals surface area contributed by atoms with Crippen LogP contribution < -0.4 is 4.74 Å². The first-order chi connectivity index (χ1) is 11.7. The molecule has 0 fully saturated rings. The standard InChI is InChI=1S/C18H17F2N3O/c1-2-3-9-24-18-13(5-4-8-21-18)17-22-11-16(23-17)12-6-7-14(19)15(20)10-12/h4-8,10-11H,2-3,9H2,1H3,(H,22,23). The van der Waals surface area contributed by atoms with Gasteiger partial charge in [0.15, 0.2) is 11.6 Å². The highest BCUT2D eigenvalue weighted by Gasteiger charge is 2.13. The van der Waals surface area contributed by atoms with E-state index in [9.17, 15) is 8.78 Å². The quantitative estimate of drug-likeness (QED) is 0.673. The first kappa shape index (κ1) is 16.1. The fraction of sp³-hybridized carbons (Fsp3) is 0.222. The van der Waals surface area contributed by atoms with E-state index < -0.39 is 11.6 Å². The molecule has 0 saturated heterocycles. The van der Waals surface area contributed by atoms with Gasteiger partial charge in [0.05, 0.1) is 24.1 Å². The lowest BCUT2D eigenvalue weighted by molar-refractivity contribution is 0.299. The number of ether oxygens (including phenoxy) is 1. The minimum absolute atomic E-state index is 0.497. The molecule has 0 aliphatic carbocycles. The van der Waals surface area contributed by atoms with Crippen LogP contribution in [-0.2, 0) is 0 Å². The summed E-state index contributed by atoms with van der Waals surface area (Å²) in [6.07, 6.45) is 5.20. The lowest BCUT2D eigenvalue weighted by Gasteiger charge is -2.08. The number of pyridine rings is 1. The number of aromatic amines is 1. The average molecular weight is 329 g/mol. The number of benzene rings is 1. The summed E-state index contributed by atoms with van der Waals surface area (Å²) in [5, 5.41) is 0. The number of imidazole rings is 1. The fourth-order valence-corrected chi connectivity index (χ4v) is 2.27. The predicted octanol–water partition coefficient (Wildman–Crippen LogP) is 4.60. The molecule has 0 bridgehead atoms. The first-order valence-corrected chi connectivity index (χ1v) is 7.77. The maximum Gasteiger partial charge on any atom is 0.224 e. The van der Waals surface area contributed by atoms with Crippen LogP contribution in [0.4, 0.5) is 8.78 Å². The molecule has 24 heavy (non-hydrogen) atoms. The van der Waals surface area contributed by atoms with Crippen LogP contribution in [0, 0.1) is 11.6 Å². The summed E-state index contributed by atoms with van der Waals surface area (Å²) >= 11 is 0. The van der Waals surface area contributed by atoms with Gasteiger partial charge in [0.1, 0.15) is 5.82 Å². The molecule has 2 heterocycles. The molecule has 1 aromatic carbocycles. The SMILES string of the molecule is CCCCOc1ncccc1-c1ncc(-c2ccc(F)c(F)c2)[nH]1. The van der Waals surface area contributed by atoms with Crippen LogP contribution in [0.5, 0.6) is 5.88 Å². The van der Waals surface area contributed by atoms with E-state index in [2.05, 4.69) is 21.9 Å². The lowest BCUT2D eigenvalue weighted by Crippen LogP contribution is -2.00. The van der Waals surface area contributed by atoms with E-state index in [-0.39, 0.29) is 0 Å². The van der Waals surface area contributed by atoms with Gasteiger partial charge in [0.25, 0.3) is 0 Å². The van der Waals surface area contributed by atoms with Crippen molar-refractivity contribution in [3.05, 3.63) is 54.4 Å². The maximum absolute atomic E-state index is 13.4. The zero-order valence-corrected chi connectivity index (χ0v) is 13.2. The summed E-state index contributed by atoms with van der Waals surface area (Å²) in [5.74, 6) is -0.711. The van der Waals surface area contributed by atoms with Gasteiger partial charge in [-0.2, -0.15) is 0 Å². The molecule has 0 atom stereocenters. The molecule has 1 N–H and O–H groups in total. The van der Waals surface area contributed by atoms with Crippen LogP contribution in [0.25, 0.3) is 22.6 Å². The van der Waals surface area contributed by atoms with E-state index in [0.29, 0.717) is 29.6 Å². The first-order valence-electron chi connectivity index (χ1n) is 7.77. The number of hydrogen-bond donors (Lipinski definition) is 1. The van der Waals surface area contributed by atoms with Crippen molar-refractivity contribution in [2.75, 3.05) is 6.61 Å². The molecule has 2 aromatic heterocycles. The third-order valence-electron chi connectivity index (χ3n) is 3.57. The molecule has 0 aliphatic heterocycles. The smallest absolute Gasteiger partial charge is 0.224 e. The van der Waals surface area contributed by atoms with Gasteiger partial charge in [-0.3, -0.25) is 0 Å². The summed E-state index contributed by atoms with van der Waals surface area (Å²) in [4.78, 5) is 11.7. The number of aromatic nitrogens is 3. The van der Waals surface area contributed by atoms with Gasteiger partial charge in [0, 0.05) is 11.8 Å². The lowest BCUT2D eigenvalue weighted by atomic mass is 10.1. The number of halogens is 2. The summed E-state index contributed by atoms with van der Waals surface area (Å²) in [5.41, 5.74) is 1.83. The molecular formula is C18H17F2N3O. The van der Waals surface area contributed by atoms with E-state index in [1.165, 1.54) is 6.07 Å². The molecule has 0 unspecified atom stereocenters. The Morgan fingerprint density at radius 3 is 2.79 bits per heavy atom. The second-order valence-electron chi connectivity index (χ2n) is 5.33. The molecular weight excluding hydrogens is 312 g/mol. The third kappa shape index (κ3) is 3.42. The third-order valence-corrected chi connectivity index (χ3v) is 3.57. The maximum atomic E-state index is 13.4. The molecule has 0 amide bonds. The van der Waals surface area contributed by atoms with Crippen LogP contribution in [0.1, 0.15) is 19.8 Å². The minimum Gasteiger partial charge on any atom is -0.477 e. The number of nitrogens with zero attached hydrogens (tertiary/aromatic N) is 2. The van der Waals surface area contributed by atoms with Gasteiger partial charge in [-0.25, -0.2) is 18.7 Å². The number of H-pyrrole nitrogens is 1. The zero-order chi connectivity index (χ0) is 16.9. The number of nitrogens with one attached hydrogen (secondary N) is 1. The number of unbranched alkanes of at least 4 members (excludes halogenated alkanes) is 1. The van der Waals surface area contributed by atoms with Crippen LogP contribution in [-0.4, -0.2) is 21.6 Å². The molecule has 0 radical (unpaired) electrons. The predicted molar refractivity (Wildman–Crippen MR) is 87.6 cm³/mol. The van der Waals surface area contributed by atoms with E-state index >= 15 is 0 Å². The van der Waals surface area contributed by atoms with Crippen molar-refractivity contribution in [1.82, 2.24) is 15.0 Å². The largest absolute Gasteiger partial charge is 0.477 e. The molecule has 0 saturated carbocycles. The Morgan fingerprint density at radius 1 is 1.12 bits per heavy atom. The summed E-state index contributed by atoms with van der Waals surface area (Å²) < 4.78 is 32.2. The number of hydrogen-bond acceptors (Lipinski definition) is 3. The highest BCUT2D eigenvalue weighted by Crippen LogP contribution is 2.28. The van der Waals surface area contributed by atoms with Gasteiger partial charge in [0.2, 0.25) is 5.88 Å². The molecule has 3 rings (SSSR count). The van der Waals surface area contributed by atoms with Gasteiger partial charge >= 0.3 is 0 Å². The van der Waals surface area contributed by atoms with Gasteiger partial charge in [-0.1, -0.05) is 13.3 Å². The Hall–Kier alpha value is -2.76. The minimum atomic E-state index is -0.895. The van der Waals surface area contributed by atoms with Crippen LogP contribution in [0.2, 0.25) is 0 Å². The van der Waals surface area contributed by atoms with E-state index in [1.807, 2.05) is 6.07 Å². The second kappa shape index (κ2) is 7.21. The van der Waals surface area contributed by atoms with Gasteiger partial charge in [-0.05, 0) is 36.8 Å². The van der Waals surface area contributed by atoms with Crippen molar-refractivity contribution in [1.29, 1.82) is 0 Å². The molecule has 0 aliphatic rings. The zero-order valence-electron chi connectivity index (χ0n) is 13.2. The molecule has 3 aromatic rings. The monoisotopic (exact) mass is 329 g/mol. The number of rotatable bonds is 6. The Labute approximate surface area is 138 Å². The van der Waals surface area contributed by atoms with Crippen molar-refractivity contribution in [2.45, 2.75) is 19.8 Å². The van der Waals surface area contributed by atoms with Gasteiger partial charge in [-0.15, -0.1) is 0 Å². The Morgan fingerprint density at radius 2 is 2.00 bits per heavy atom. The molecule has 6 heteroatoms. The van der Waals surface area contributed by atoms with Crippen LogP contribution in [0.15, 0.2) is 42.7 Å². The van der Waals surface area contributed by atoms with Crippen molar-refractivity contribution in [3.63, 3.8) is 0 Å². The highest BCUT2D eigenvalue weighted by molar-refractivity contribution is 5.67. The van der Waals surface area contributed by atoms with Crippen molar-refractivity contribution in [2.24, 2.45) is 0 Å². The molecule has 4 nitrogen and oxygen atoms in total. The van der Waals surface area contributed by atoms with Crippen molar-refractivity contribution >= 4 is 0 Å². The van der Waals surface area contributed by atoms with E-state index in [1.54, 1.807) is 18.5 Å². The average Bonchev–Trinajstić information content (AvgIpc) is 3.08. The topological polar surface area (TPSA) is 50.8 Å². The van der Waals surface area contributed by atoms with Gasteiger partial charge < -0.3 is 9.72 Å². The van der Waals surface area contributed by atoms with Crippen LogP contribution in [0.3, 0.4) is 0 Å². The fourth-order valence-electron chi connectivity index (χ4n) is 2.27. The summed E-state index contributed by atoms with van der Waals surface area (Å²) in [6.45, 7) is 2.67. The van der Waals surface area contributed by atoms with E-state index in [0.717, 1.165) is 30.5 Å². The summed E-state index contributed by atoms with van der Waals surface area (Å²) in [6, 6.07) is 7.37. The van der Waals surface area contributed by atoms with Crippen LogP contribution >= 0.6 is 0 Å². The normalized spacial score (nSPS) is 10.8. The van der Waals surface area contributed by atoms with E-state index in [4.69, 9.17) is 4.74 Å². The Balaban J connectivity index is 1.89.